The van der Waals surface area contributed by atoms with E-state index in [-0.39, 0.29) is 0 Å². The minimum absolute atomic E-state index is 0.753. The van der Waals surface area contributed by atoms with E-state index in [0.717, 1.165) is 18.0 Å². The summed E-state index contributed by atoms with van der Waals surface area (Å²) in [6.07, 6.45) is 7.02. The van der Waals surface area contributed by atoms with E-state index in [1.165, 1.54) is 45.2 Å². The van der Waals surface area contributed by atoms with Crippen molar-refractivity contribution in [1.29, 1.82) is 0 Å². The normalized spacial score (nSPS) is 36.4. The van der Waals surface area contributed by atoms with Crippen molar-refractivity contribution in [3.63, 3.8) is 0 Å². The van der Waals surface area contributed by atoms with Gasteiger partial charge in [-0.15, -0.1) is 0 Å². The summed E-state index contributed by atoms with van der Waals surface area (Å²) in [6.45, 7) is 9.42. The van der Waals surface area contributed by atoms with E-state index in [1.807, 2.05) is 0 Å². The van der Waals surface area contributed by atoms with Gasteiger partial charge in [0.15, 0.2) is 0 Å². The highest BCUT2D eigenvalue weighted by Gasteiger charge is 2.14. The summed E-state index contributed by atoms with van der Waals surface area (Å²) in [5.41, 5.74) is 0. The van der Waals surface area contributed by atoms with Crippen molar-refractivity contribution >= 4 is 0 Å². The standard InChI is InChI=1S/2C7H15N/c1-7-5-3-4-6-8(7)2;1-6-4-3-5-8-7(6)2/h7H,3-6H2,1-2H3;6-8H,3-5H2,1-2H3. The van der Waals surface area contributed by atoms with Crippen LogP contribution in [0.25, 0.3) is 0 Å². The SMILES string of the molecule is CC1CCCCN1C.CC1CCCNC1C. The van der Waals surface area contributed by atoms with Gasteiger partial charge in [-0.25, -0.2) is 0 Å². The summed E-state index contributed by atoms with van der Waals surface area (Å²) >= 11 is 0. The van der Waals surface area contributed by atoms with Gasteiger partial charge in [-0.2, -0.15) is 0 Å². The second-order valence-electron chi connectivity index (χ2n) is 5.69. The van der Waals surface area contributed by atoms with E-state index in [2.05, 4.69) is 38.0 Å². The smallest absolute Gasteiger partial charge is 0.00643 e. The molecule has 2 fully saturated rings. The lowest BCUT2D eigenvalue weighted by Gasteiger charge is -2.29. The molecule has 2 heterocycles. The van der Waals surface area contributed by atoms with Gasteiger partial charge in [0.05, 0.1) is 0 Å². The molecular weight excluding hydrogens is 196 g/mol. The van der Waals surface area contributed by atoms with Crippen molar-refractivity contribution in [1.82, 2.24) is 10.2 Å². The number of rotatable bonds is 0. The van der Waals surface area contributed by atoms with Gasteiger partial charge in [-0.1, -0.05) is 13.3 Å². The molecule has 0 aliphatic carbocycles. The molecule has 0 aromatic rings. The van der Waals surface area contributed by atoms with Crippen LogP contribution in [0.4, 0.5) is 0 Å². The molecule has 0 radical (unpaired) electrons. The lowest BCUT2D eigenvalue weighted by molar-refractivity contribution is 0.200. The molecule has 2 heteroatoms. The average molecular weight is 226 g/mol. The van der Waals surface area contributed by atoms with E-state index in [9.17, 15) is 0 Å². The molecule has 96 valence electrons. The van der Waals surface area contributed by atoms with Crippen LogP contribution in [0.1, 0.15) is 52.9 Å². The quantitative estimate of drug-likeness (QED) is 0.683. The van der Waals surface area contributed by atoms with Crippen molar-refractivity contribution in [2.24, 2.45) is 5.92 Å². The van der Waals surface area contributed by atoms with E-state index in [1.54, 1.807) is 0 Å². The Kier molecular flexibility index (Phi) is 6.37. The minimum Gasteiger partial charge on any atom is -0.314 e. The molecule has 0 aromatic carbocycles. The molecule has 0 amide bonds. The first-order chi connectivity index (χ1) is 7.61. The fourth-order valence-corrected chi connectivity index (χ4v) is 2.45. The summed E-state index contributed by atoms with van der Waals surface area (Å²) in [4.78, 5) is 2.43. The highest BCUT2D eigenvalue weighted by atomic mass is 15.1. The number of hydrogen-bond acceptors (Lipinski definition) is 2. The average Bonchev–Trinajstić information content (AvgIpc) is 2.28. The largest absolute Gasteiger partial charge is 0.314 e. The van der Waals surface area contributed by atoms with E-state index >= 15 is 0 Å². The molecule has 3 unspecified atom stereocenters. The van der Waals surface area contributed by atoms with Gasteiger partial charge in [-0.05, 0) is 65.6 Å². The lowest BCUT2D eigenvalue weighted by atomic mass is 9.94. The number of piperidine rings is 2. The van der Waals surface area contributed by atoms with E-state index in [4.69, 9.17) is 0 Å². The Morgan fingerprint density at radius 1 is 1.00 bits per heavy atom. The van der Waals surface area contributed by atoms with Crippen LogP contribution in [0.15, 0.2) is 0 Å². The van der Waals surface area contributed by atoms with Crippen LogP contribution >= 0.6 is 0 Å². The van der Waals surface area contributed by atoms with Crippen molar-refractivity contribution in [2.75, 3.05) is 20.1 Å². The molecule has 0 bridgehead atoms. The Balaban J connectivity index is 0.000000160. The third kappa shape index (κ3) is 4.84. The number of nitrogens with one attached hydrogen (secondary N) is 1. The Morgan fingerprint density at radius 3 is 2.12 bits per heavy atom. The Labute approximate surface area is 102 Å². The summed E-state index contributed by atoms with van der Waals surface area (Å²) in [5, 5.41) is 3.43. The fraction of sp³-hybridized carbons (Fsp3) is 1.00. The molecule has 2 nitrogen and oxygen atoms in total. The van der Waals surface area contributed by atoms with Crippen molar-refractivity contribution in [3.05, 3.63) is 0 Å². The third-order valence-electron chi connectivity index (χ3n) is 4.29. The third-order valence-corrected chi connectivity index (χ3v) is 4.29. The van der Waals surface area contributed by atoms with E-state index in [0.29, 0.717) is 0 Å². The maximum Gasteiger partial charge on any atom is 0.00643 e. The van der Waals surface area contributed by atoms with E-state index < -0.39 is 0 Å². The van der Waals surface area contributed by atoms with Crippen LogP contribution in [0.5, 0.6) is 0 Å². The van der Waals surface area contributed by atoms with Gasteiger partial charge in [-0.3, -0.25) is 0 Å². The second-order valence-corrected chi connectivity index (χ2v) is 5.69. The summed E-state index contributed by atoms with van der Waals surface area (Å²) in [7, 11) is 2.21. The zero-order valence-electron chi connectivity index (χ0n) is 11.6. The fourth-order valence-electron chi connectivity index (χ4n) is 2.45. The highest BCUT2D eigenvalue weighted by Crippen LogP contribution is 2.14. The van der Waals surface area contributed by atoms with Crippen LogP contribution in [0.3, 0.4) is 0 Å². The van der Waals surface area contributed by atoms with Crippen LogP contribution in [-0.2, 0) is 0 Å². The topological polar surface area (TPSA) is 15.3 Å². The Bertz CT molecular complexity index is 142. The molecule has 16 heavy (non-hydrogen) atoms. The Morgan fingerprint density at radius 2 is 1.75 bits per heavy atom. The van der Waals surface area contributed by atoms with Crippen LogP contribution in [0, 0.1) is 5.92 Å². The highest BCUT2D eigenvalue weighted by molar-refractivity contribution is 4.73. The first kappa shape index (κ1) is 14.0. The number of nitrogens with zero attached hydrogens (tertiary/aromatic N) is 1. The van der Waals surface area contributed by atoms with Crippen molar-refractivity contribution in [3.8, 4) is 0 Å². The molecule has 0 aromatic heterocycles. The maximum absolute atomic E-state index is 3.43. The molecule has 2 aliphatic heterocycles. The number of likely N-dealkylation sites (tertiary alicyclic amines) is 1. The van der Waals surface area contributed by atoms with Crippen LogP contribution in [0.2, 0.25) is 0 Å². The molecule has 1 N–H and O–H groups in total. The van der Waals surface area contributed by atoms with Gasteiger partial charge in [0.1, 0.15) is 0 Å². The lowest BCUT2D eigenvalue weighted by Crippen LogP contribution is -2.37. The van der Waals surface area contributed by atoms with Crippen LogP contribution < -0.4 is 5.32 Å². The van der Waals surface area contributed by atoms with Gasteiger partial charge in [0.2, 0.25) is 0 Å². The zero-order valence-corrected chi connectivity index (χ0v) is 11.6. The predicted molar refractivity (Wildman–Crippen MR) is 71.8 cm³/mol. The molecule has 3 atom stereocenters. The van der Waals surface area contributed by atoms with Gasteiger partial charge >= 0.3 is 0 Å². The van der Waals surface area contributed by atoms with Gasteiger partial charge in [0.25, 0.3) is 0 Å². The molecule has 2 saturated heterocycles. The summed E-state index contributed by atoms with van der Waals surface area (Å²) in [6, 6.07) is 1.59. The predicted octanol–water partition coefficient (Wildman–Crippen LogP) is 2.89. The molecule has 0 saturated carbocycles. The first-order valence-electron chi connectivity index (χ1n) is 7.05. The van der Waals surface area contributed by atoms with Gasteiger partial charge in [0, 0.05) is 12.1 Å². The first-order valence-corrected chi connectivity index (χ1v) is 7.05. The van der Waals surface area contributed by atoms with Crippen molar-refractivity contribution < 1.29 is 0 Å². The van der Waals surface area contributed by atoms with Crippen molar-refractivity contribution in [2.45, 2.75) is 65.0 Å². The molecule has 2 aliphatic rings. The summed E-state index contributed by atoms with van der Waals surface area (Å²) in [5.74, 6) is 0.892. The second kappa shape index (κ2) is 7.29. The summed E-state index contributed by atoms with van der Waals surface area (Å²) < 4.78 is 0. The zero-order chi connectivity index (χ0) is 12.0. The monoisotopic (exact) mass is 226 g/mol. The van der Waals surface area contributed by atoms with Gasteiger partial charge < -0.3 is 10.2 Å². The number of hydrogen-bond donors (Lipinski definition) is 1. The molecule has 0 spiro atoms. The molecular formula is C14H30N2. The Hall–Kier alpha value is -0.0800. The van der Waals surface area contributed by atoms with Crippen LogP contribution in [-0.4, -0.2) is 37.1 Å². The molecule has 2 rings (SSSR count). The minimum atomic E-state index is 0.753. The maximum atomic E-state index is 3.43.